The third kappa shape index (κ3) is 9.71. The Hall–Kier alpha value is -11.2. The van der Waals surface area contributed by atoms with Gasteiger partial charge in [0.15, 0.2) is 0 Å². The van der Waals surface area contributed by atoms with E-state index in [1.807, 2.05) is 0 Å². The molecule has 0 heterocycles. The SMILES string of the molecule is Cc1ccc(N(c2ccc(C)cc2)c2ccc3ccc4c(N(c5ccc(C)cc5)c5ccc(C)cc5)ccc5ccc2c3c54)cc1.c1ccc(N(c2ccccc2)c2ccc3ccc4c(N(c5ccccc5)c5ccccc5)ccc5ccc2c3c54)cc1. The highest BCUT2D eigenvalue weighted by Crippen LogP contribution is 2.50. The lowest BCUT2D eigenvalue weighted by Gasteiger charge is -2.29. The Morgan fingerprint density at radius 3 is 0.523 bits per heavy atom. The summed E-state index contributed by atoms with van der Waals surface area (Å²) in [7, 11) is 0. The van der Waals surface area contributed by atoms with Gasteiger partial charge in [-0.3, -0.25) is 0 Å². The van der Waals surface area contributed by atoms with Crippen molar-refractivity contribution in [2.45, 2.75) is 27.7 Å². The third-order valence-electron chi connectivity index (χ3n) is 17.4. The van der Waals surface area contributed by atoms with Gasteiger partial charge in [0.2, 0.25) is 0 Å². The fraction of sp³-hybridized carbons (Fsp3) is 0.0476. The van der Waals surface area contributed by atoms with Crippen LogP contribution in [-0.4, -0.2) is 0 Å². The van der Waals surface area contributed by atoms with Crippen LogP contribution in [0.15, 0.2) is 315 Å². The summed E-state index contributed by atoms with van der Waals surface area (Å²) in [5.74, 6) is 0. The first kappa shape index (κ1) is 53.5. The van der Waals surface area contributed by atoms with Crippen molar-refractivity contribution in [1.82, 2.24) is 0 Å². The van der Waals surface area contributed by atoms with E-state index in [1.165, 1.54) is 110 Å². The second kappa shape index (κ2) is 22.7. The molecule has 0 fully saturated rings. The normalized spacial score (nSPS) is 11.4. The quantitative estimate of drug-likeness (QED) is 0.113. The summed E-state index contributed by atoms with van der Waals surface area (Å²) in [4.78, 5) is 9.53. The minimum absolute atomic E-state index is 1.14. The van der Waals surface area contributed by atoms with Gasteiger partial charge in [-0.05, 0) is 192 Å². The first-order valence-electron chi connectivity index (χ1n) is 30.4. The Bertz CT molecular complexity index is 4590. The van der Waals surface area contributed by atoms with Gasteiger partial charge in [-0.15, -0.1) is 0 Å². The summed E-state index contributed by atoms with van der Waals surface area (Å²) in [6.45, 7) is 8.57. The highest BCUT2D eigenvalue weighted by Gasteiger charge is 2.24. The Balaban J connectivity index is 0.000000148. The van der Waals surface area contributed by atoms with E-state index in [-0.39, 0.29) is 0 Å². The van der Waals surface area contributed by atoms with Gasteiger partial charge >= 0.3 is 0 Å². The van der Waals surface area contributed by atoms with Gasteiger partial charge in [0.1, 0.15) is 0 Å². The summed E-state index contributed by atoms with van der Waals surface area (Å²) in [6.07, 6.45) is 0. The van der Waals surface area contributed by atoms with E-state index < -0.39 is 0 Å². The van der Waals surface area contributed by atoms with Crippen LogP contribution in [-0.2, 0) is 0 Å². The average molecular weight is 1130 g/mol. The molecule has 0 aliphatic rings. The number of rotatable bonds is 12. The van der Waals surface area contributed by atoms with E-state index in [4.69, 9.17) is 0 Å². The van der Waals surface area contributed by atoms with Gasteiger partial charge in [-0.25, -0.2) is 0 Å². The molecule has 16 rings (SSSR count). The summed E-state index contributed by atoms with van der Waals surface area (Å²) in [6, 6.07) is 115. The van der Waals surface area contributed by atoms with Crippen molar-refractivity contribution >= 4 is 133 Å². The maximum absolute atomic E-state index is 2.40. The number of anilines is 12. The van der Waals surface area contributed by atoms with Crippen molar-refractivity contribution in [1.29, 1.82) is 0 Å². The van der Waals surface area contributed by atoms with Crippen LogP contribution in [0, 0.1) is 27.7 Å². The van der Waals surface area contributed by atoms with Gasteiger partial charge in [0.25, 0.3) is 0 Å². The summed E-state index contributed by atoms with van der Waals surface area (Å²) in [5.41, 5.74) is 18.8. The second-order valence-electron chi connectivity index (χ2n) is 23.2. The van der Waals surface area contributed by atoms with Crippen LogP contribution in [0.25, 0.3) is 64.6 Å². The molecule has 0 bridgehead atoms. The van der Waals surface area contributed by atoms with Gasteiger partial charge in [0, 0.05) is 67.0 Å². The fourth-order valence-electron chi connectivity index (χ4n) is 13.1. The number of aryl methyl sites for hydroxylation is 4. The van der Waals surface area contributed by atoms with Crippen LogP contribution < -0.4 is 19.6 Å². The zero-order valence-electron chi connectivity index (χ0n) is 49.8. The van der Waals surface area contributed by atoms with Crippen molar-refractivity contribution in [3.8, 4) is 0 Å². The molecular weight excluding hydrogens is 1060 g/mol. The molecule has 0 amide bonds. The van der Waals surface area contributed by atoms with E-state index >= 15 is 0 Å². The molecule has 16 aromatic carbocycles. The molecule has 0 spiro atoms. The lowest BCUT2D eigenvalue weighted by molar-refractivity contribution is 1.28. The molecule has 0 aromatic heterocycles. The van der Waals surface area contributed by atoms with Crippen molar-refractivity contribution in [2.75, 3.05) is 19.6 Å². The maximum Gasteiger partial charge on any atom is 0.0540 e. The molecule has 0 saturated heterocycles. The summed E-state index contributed by atoms with van der Waals surface area (Å²) < 4.78 is 0. The van der Waals surface area contributed by atoms with Crippen LogP contribution in [0.2, 0.25) is 0 Å². The van der Waals surface area contributed by atoms with Gasteiger partial charge in [-0.1, -0.05) is 216 Å². The van der Waals surface area contributed by atoms with Crippen molar-refractivity contribution in [3.05, 3.63) is 338 Å². The number of nitrogens with zero attached hydrogens (tertiary/aromatic N) is 4. The Morgan fingerprint density at radius 1 is 0.159 bits per heavy atom. The Kier molecular flexibility index (Phi) is 13.8. The summed E-state index contributed by atoms with van der Waals surface area (Å²) >= 11 is 0. The highest BCUT2D eigenvalue weighted by atomic mass is 15.2. The van der Waals surface area contributed by atoms with Gasteiger partial charge < -0.3 is 19.6 Å². The van der Waals surface area contributed by atoms with Crippen LogP contribution >= 0.6 is 0 Å². The zero-order valence-corrected chi connectivity index (χ0v) is 49.8. The van der Waals surface area contributed by atoms with Gasteiger partial charge in [-0.2, -0.15) is 0 Å². The molecule has 0 atom stereocenters. The summed E-state index contributed by atoms with van der Waals surface area (Å²) in [5, 5.41) is 15.1. The fourth-order valence-corrected chi connectivity index (χ4v) is 13.1. The minimum Gasteiger partial charge on any atom is -0.310 e. The van der Waals surface area contributed by atoms with Crippen molar-refractivity contribution in [2.24, 2.45) is 0 Å². The molecule has 0 aliphatic carbocycles. The smallest absolute Gasteiger partial charge is 0.0540 e. The molecular formula is C84H64N4. The van der Waals surface area contributed by atoms with E-state index in [9.17, 15) is 0 Å². The number of hydrogen-bond acceptors (Lipinski definition) is 4. The lowest BCUT2D eigenvalue weighted by atomic mass is 9.91. The second-order valence-corrected chi connectivity index (χ2v) is 23.2. The van der Waals surface area contributed by atoms with Crippen LogP contribution in [0.5, 0.6) is 0 Å². The lowest BCUT2D eigenvalue weighted by Crippen LogP contribution is -2.11. The number of hydrogen-bond donors (Lipinski definition) is 0. The minimum atomic E-state index is 1.14. The van der Waals surface area contributed by atoms with Crippen LogP contribution in [0.3, 0.4) is 0 Å². The van der Waals surface area contributed by atoms with E-state index in [1.54, 1.807) is 0 Å². The molecule has 420 valence electrons. The van der Waals surface area contributed by atoms with E-state index in [0.29, 0.717) is 0 Å². The average Bonchev–Trinajstić information content (AvgIpc) is 0.940. The standard InChI is InChI=1S/C44H36N2.C40H28N2/c1-29-5-17-35(18-6-29)45(36-19-7-30(2)8-20-36)41-27-15-33-14-26-40-42(28-16-34-13-25-39(41)43(33)44(34)40)46(37-21-9-31(3)10-22-37)38-23-11-32(4)12-24-38;1-5-13-31(14-6-1)41(32-15-7-2-8-16-32)37-27-23-29-22-26-36-38(28-24-30-21-25-35(37)39(29)40(30)36)42(33-17-9-3-10-18-33)34-19-11-4-12-20-34/h5-28H,1-4H3;1-28H. The molecule has 0 aliphatic heterocycles. The molecule has 4 nitrogen and oxygen atoms in total. The van der Waals surface area contributed by atoms with Crippen molar-refractivity contribution in [3.63, 3.8) is 0 Å². The van der Waals surface area contributed by atoms with Gasteiger partial charge in [0.05, 0.1) is 22.7 Å². The van der Waals surface area contributed by atoms with E-state index in [0.717, 1.165) is 45.5 Å². The molecule has 16 aromatic rings. The Labute approximate surface area is 514 Å². The first-order valence-corrected chi connectivity index (χ1v) is 30.4. The predicted octanol–water partition coefficient (Wildman–Crippen LogP) is 24.3. The molecule has 0 N–H and O–H groups in total. The molecule has 4 heteroatoms. The first-order chi connectivity index (χ1) is 43.3. The molecule has 88 heavy (non-hydrogen) atoms. The third-order valence-corrected chi connectivity index (χ3v) is 17.4. The van der Waals surface area contributed by atoms with Crippen molar-refractivity contribution < 1.29 is 0 Å². The predicted molar refractivity (Wildman–Crippen MR) is 378 cm³/mol. The van der Waals surface area contributed by atoms with Crippen LogP contribution in [0.1, 0.15) is 22.3 Å². The maximum atomic E-state index is 2.40. The molecule has 0 unspecified atom stereocenters. The van der Waals surface area contributed by atoms with Crippen LogP contribution in [0.4, 0.5) is 68.2 Å². The topological polar surface area (TPSA) is 13.0 Å². The molecule has 0 saturated carbocycles. The highest BCUT2D eigenvalue weighted by molar-refractivity contribution is 6.29. The monoisotopic (exact) mass is 1130 g/mol. The number of para-hydroxylation sites is 4. The molecule has 0 radical (unpaired) electrons. The Morgan fingerprint density at radius 2 is 0.330 bits per heavy atom. The number of benzene rings is 16. The zero-order chi connectivity index (χ0) is 59.2. The van der Waals surface area contributed by atoms with E-state index in [2.05, 4.69) is 363 Å². The largest absolute Gasteiger partial charge is 0.310 e.